The molecule has 0 bridgehead atoms. The molecule has 1 aliphatic heterocycles. The molecule has 9 heteroatoms. The smallest absolute Gasteiger partial charge is 0.242 e. The molecule has 27 heavy (non-hydrogen) atoms. The molecule has 2 aromatic rings. The fourth-order valence-electron chi connectivity index (χ4n) is 3.14. The molecule has 1 fully saturated rings. The van der Waals surface area contributed by atoms with Crippen LogP contribution in [0, 0.1) is 6.92 Å². The molecular weight excluding hydrogens is 386 g/mol. The van der Waals surface area contributed by atoms with Gasteiger partial charge >= 0.3 is 0 Å². The number of sulfonamides is 1. The fraction of sp³-hybridized carbons (Fsp3) is 0.444. The van der Waals surface area contributed by atoms with Crippen LogP contribution in [0.5, 0.6) is 0 Å². The van der Waals surface area contributed by atoms with Gasteiger partial charge in [-0.25, -0.2) is 23.1 Å². The maximum atomic E-state index is 12.6. The first-order valence-corrected chi connectivity index (χ1v) is 10.7. The first-order valence-electron chi connectivity index (χ1n) is 8.88. The Balaban J connectivity index is 1.53. The van der Waals surface area contributed by atoms with Gasteiger partial charge < -0.3 is 4.90 Å². The standard InChI is InChI=1S/C18H24ClN5O2S/c1-14-11-16(12-21-18(14)19)27(25,26)22-15(2)13-23-7-9-24(10-8-23)17-5-3-4-6-20-17/h3-6,11-12,15,22H,7-10,13H2,1-2H3. The van der Waals surface area contributed by atoms with Crippen LogP contribution in [0.15, 0.2) is 41.6 Å². The molecule has 3 heterocycles. The van der Waals surface area contributed by atoms with Crippen molar-refractivity contribution in [2.24, 2.45) is 0 Å². The van der Waals surface area contributed by atoms with Gasteiger partial charge in [-0.1, -0.05) is 17.7 Å². The van der Waals surface area contributed by atoms with Crippen LogP contribution in [-0.2, 0) is 10.0 Å². The molecule has 1 unspecified atom stereocenters. The van der Waals surface area contributed by atoms with E-state index < -0.39 is 10.0 Å². The molecule has 146 valence electrons. The first-order chi connectivity index (χ1) is 12.8. The molecule has 1 N–H and O–H groups in total. The average Bonchev–Trinajstić information content (AvgIpc) is 2.64. The lowest BCUT2D eigenvalue weighted by atomic mass is 10.2. The second-order valence-corrected chi connectivity index (χ2v) is 8.85. The van der Waals surface area contributed by atoms with E-state index in [1.165, 1.54) is 12.3 Å². The normalized spacial score (nSPS) is 17.1. The number of piperazine rings is 1. The number of aromatic nitrogens is 2. The van der Waals surface area contributed by atoms with Crippen molar-refractivity contribution in [2.75, 3.05) is 37.6 Å². The predicted octanol–water partition coefficient (Wildman–Crippen LogP) is 1.93. The number of hydrogen-bond acceptors (Lipinski definition) is 6. The van der Waals surface area contributed by atoms with E-state index in [0.29, 0.717) is 17.3 Å². The lowest BCUT2D eigenvalue weighted by molar-refractivity contribution is 0.241. The molecule has 1 saturated heterocycles. The SMILES string of the molecule is Cc1cc(S(=O)(=O)NC(C)CN2CCN(c3ccccn3)CC2)cnc1Cl. The Morgan fingerprint density at radius 1 is 1.22 bits per heavy atom. The molecule has 0 saturated carbocycles. The van der Waals surface area contributed by atoms with Crippen LogP contribution >= 0.6 is 11.6 Å². The molecule has 0 amide bonds. The van der Waals surface area contributed by atoms with Crippen LogP contribution in [0.3, 0.4) is 0 Å². The minimum Gasteiger partial charge on any atom is -0.354 e. The summed E-state index contributed by atoms with van der Waals surface area (Å²) in [5.41, 5.74) is 0.637. The van der Waals surface area contributed by atoms with Crippen LogP contribution in [-0.4, -0.2) is 62.1 Å². The average molecular weight is 410 g/mol. The van der Waals surface area contributed by atoms with Gasteiger partial charge in [0.15, 0.2) is 0 Å². The summed E-state index contributed by atoms with van der Waals surface area (Å²) >= 11 is 5.88. The maximum absolute atomic E-state index is 12.6. The van der Waals surface area contributed by atoms with Gasteiger partial charge in [-0.05, 0) is 37.6 Å². The highest BCUT2D eigenvalue weighted by Gasteiger charge is 2.23. The number of pyridine rings is 2. The second kappa shape index (κ2) is 8.52. The van der Waals surface area contributed by atoms with Crippen LogP contribution in [0.25, 0.3) is 0 Å². The van der Waals surface area contributed by atoms with E-state index >= 15 is 0 Å². The second-order valence-electron chi connectivity index (χ2n) is 6.78. The number of nitrogens with one attached hydrogen (secondary N) is 1. The highest BCUT2D eigenvalue weighted by Crippen LogP contribution is 2.17. The molecule has 0 aromatic carbocycles. The van der Waals surface area contributed by atoms with E-state index in [2.05, 4.69) is 24.5 Å². The van der Waals surface area contributed by atoms with Crippen LogP contribution < -0.4 is 9.62 Å². The summed E-state index contributed by atoms with van der Waals surface area (Å²) in [7, 11) is -3.62. The molecule has 0 radical (unpaired) electrons. The predicted molar refractivity (Wildman–Crippen MR) is 107 cm³/mol. The zero-order chi connectivity index (χ0) is 19.4. The van der Waals surface area contributed by atoms with E-state index in [-0.39, 0.29) is 10.9 Å². The van der Waals surface area contributed by atoms with Gasteiger partial charge in [0.1, 0.15) is 15.9 Å². The van der Waals surface area contributed by atoms with E-state index in [4.69, 9.17) is 11.6 Å². The third kappa shape index (κ3) is 5.16. The lowest BCUT2D eigenvalue weighted by Crippen LogP contribution is -2.51. The number of rotatable bonds is 6. The lowest BCUT2D eigenvalue weighted by Gasteiger charge is -2.36. The summed E-state index contributed by atoms with van der Waals surface area (Å²) < 4.78 is 27.8. The maximum Gasteiger partial charge on any atom is 0.242 e. The van der Waals surface area contributed by atoms with Gasteiger partial charge in [0, 0.05) is 51.2 Å². The molecule has 1 aliphatic rings. The summed E-state index contributed by atoms with van der Waals surface area (Å²) in [6.45, 7) is 7.73. The molecule has 0 spiro atoms. The van der Waals surface area contributed by atoms with Crippen molar-refractivity contribution in [1.29, 1.82) is 0 Å². The van der Waals surface area contributed by atoms with Crippen molar-refractivity contribution < 1.29 is 8.42 Å². The highest BCUT2D eigenvalue weighted by molar-refractivity contribution is 7.89. The monoisotopic (exact) mass is 409 g/mol. The molecular formula is C18H24ClN5O2S. The van der Waals surface area contributed by atoms with E-state index in [0.717, 1.165) is 32.0 Å². The number of aryl methyl sites for hydroxylation is 1. The summed E-state index contributed by atoms with van der Waals surface area (Å²) in [5, 5.41) is 0.313. The first kappa shape index (κ1) is 20.0. The summed E-state index contributed by atoms with van der Waals surface area (Å²) in [5.74, 6) is 0.983. The highest BCUT2D eigenvalue weighted by atomic mass is 35.5. The van der Waals surface area contributed by atoms with E-state index in [1.807, 2.05) is 25.1 Å². The summed E-state index contributed by atoms with van der Waals surface area (Å²) in [4.78, 5) is 13.0. The van der Waals surface area contributed by atoms with E-state index in [9.17, 15) is 8.42 Å². The molecule has 3 rings (SSSR count). The topological polar surface area (TPSA) is 78.4 Å². The minimum absolute atomic E-state index is 0.135. The summed E-state index contributed by atoms with van der Waals surface area (Å²) in [6.07, 6.45) is 3.09. The van der Waals surface area contributed by atoms with E-state index in [1.54, 1.807) is 13.1 Å². The Morgan fingerprint density at radius 3 is 2.59 bits per heavy atom. The molecule has 7 nitrogen and oxygen atoms in total. The Morgan fingerprint density at radius 2 is 1.96 bits per heavy atom. The van der Waals surface area contributed by atoms with Crippen LogP contribution in [0.2, 0.25) is 5.15 Å². The minimum atomic E-state index is -3.62. The molecule has 1 atom stereocenters. The summed E-state index contributed by atoms with van der Waals surface area (Å²) in [6, 6.07) is 7.22. The Hall–Kier alpha value is -1.74. The zero-order valence-corrected chi connectivity index (χ0v) is 17.0. The van der Waals surface area contributed by atoms with Gasteiger partial charge in [0.05, 0.1) is 0 Å². The Kier molecular flexibility index (Phi) is 6.31. The van der Waals surface area contributed by atoms with Crippen molar-refractivity contribution in [3.8, 4) is 0 Å². The van der Waals surface area contributed by atoms with Crippen LogP contribution in [0.4, 0.5) is 5.82 Å². The quantitative estimate of drug-likeness (QED) is 0.734. The molecule has 0 aliphatic carbocycles. The van der Waals surface area contributed by atoms with Crippen molar-refractivity contribution in [3.63, 3.8) is 0 Å². The van der Waals surface area contributed by atoms with Gasteiger partial charge in [0.2, 0.25) is 10.0 Å². The van der Waals surface area contributed by atoms with Crippen molar-refractivity contribution in [3.05, 3.63) is 47.4 Å². The largest absolute Gasteiger partial charge is 0.354 e. The van der Waals surface area contributed by atoms with Gasteiger partial charge in [0.25, 0.3) is 0 Å². The Labute approximate surface area is 165 Å². The third-order valence-corrected chi connectivity index (χ3v) is 6.49. The van der Waals surface area contributed by atoms with Crippen molar-refractivity contribution in [2.45, 2.75) is 24.8 Å². The van der Waals surface area contributed by atoms with Gasteiger partial charge in [-0.15, -0.1) is 0 Å². The Bertz CT molecular complexity index is 871. The number of halogens is 1. The van der Waals surface area contributed by atoms with Gasteiger partial charge in [-0.2, -0.15) is 0 Å². The van der Waals surface area contributed by atoms with Crippen molar-refractivity contribution in [1.82, 2.24) is 19.6 Å². The third-order valence-electron chi connectivity index (χ3n) is 4.53. The number of hydrogen-bond donors (Lipinski definition) is 1. The fourth-order valence-corrected chi connectivity index (χ4v) is 4.50. The number of anilines is 1. The van der Waals surface area contributed by atoms with Crippen molar-refractivity contribution >= 4 is 27.4 Å². The van der Waals surface area contributed by atoms with Crippen LogP contribution in [0.1, 0.15) is 12.5 Å². The van der Waals surface area contributed by atoms with Gasteiger partial charge in [-0.3, -0.25) is 4.90 Å². The zero-order valence-electron chi connectivity index (χ0n) is 15.5. The molecule has 2 aromatic heterocycles. The number of nitrogens with zero attached hydrogens (tertiary/aromatic N) is 4.